The predicted octanol–water partition coefficient (Wildman–Crippen LogP) is 6.08. The van der Waals surface area contributed by atoms with Gasteiger partial charge >= 0.3 is 24.4 Å². The van der Waals surface area contributed by atoms with Crippen molar-refractivity contribution in [2.75, 3.05) is 52.4 Å². The second-order valence-corrected chi connectivity index (χ2v) is 16.2. The molecule has 54 heavy (non-hydrogen) atoms. The monoisotopic (exact) mass is 753 g/mol. The van der Waals surface area contributed by atoms with E-state index < -0.39 is 53.1 Å². The number of amides is 5. The number of nitrogens with one attached hydrogen (secondary N) is 1. The first kappa shape index (κ1) is 43.4. The summed E-state index contributed by atoms with van der Waals surface area (Å²) >= 11 is 0. The summed E-state index contributed by atoms with van der Waals surface area (Å²) in [6.07, 6.45) is -2.44. The van der Waals surface area contributed by atoms with Gasteiger partial charge in [-0.2, -0.15) is 0 Å². The molecule has 1 atom stereocenters. The number of rotatable bonds is 6. The Hall–Kier alpha value is -5.01. The maximum absolute atomic E-state index is 14.5. The molecule has 1 aliphatic rings. The quantitative estimate of drug-likeness (QED) is 0.347. The predicted molar refractivity (Wildman–Crippen MR) is 204 cm³/mol. The minimum absolute atomic E-state index is 0.0125. The molecule has 3 rings (SSSR count). The third kappa shape index (κ3) is 15.9. The van der Waals surface area contributed by atoms with Crippen LogP contribution in [0.5, 0.6) is 0 Å². The van der Waals surface area contributed by atoms with Gasteiger partial charge in [0.15, 0.2) is 0 Å². The SMILES string of the molecule is CC(C)(C)OC(=O)N1CCN(C(=O)OC(C)(C)C)CCN(C(=O)C(Cc2ccccc2)NC(=O)OCc2ccccc2)CCN(C(=O)OC(C)(C)C)CC1. The van der Waals surface area contributed by atoms with Crippen molar-refractivity contribution in [2.24, 2.45) is 0 Å². The van der Waals surface area contributed by atoms with Gasteiger partial charge in [0.1, 0.15) is 29.5 Å². The fraction of sp³-hybridized carbons (Fsp3) is 0.575. The van der Waals surface area contributed by atoms with Crippen LogP contribution in [-0.4, -0.2) is 125 Å². The summed E-state index contributed by atoms with van der Waals surface area (Å²) in [5.41, 5.74) is -0.798. The van der Waals surface area contributed by atoms with Gasteiger partial charge in [0.25, 0.3) is 0 Å². The van der Waals surface area contributed by atoms with Crippen LogP contribution in [0.1, 0.15) is 73.4 Å². The standard InChI is InChI=1S/C40H59N5O9/c1-38(2,3)52-35(48)43-22-20-42(21-23-44(36(49)53-39(4,5)6)25-27-45(26-24-43)37(50)54-40(7,8)9)33(46)32(28-30-16-12-10-13-17-30)41-34(47)51-29-31-18-14-11-15-19-31/h10-19,32H,20-29H2,1-9H3,(H,41,47). The Labute approximate surface area is 320 Å². The highest BCUT2D eigenvalue weighted by atomic mass is 16.6. The number of hydrogen-bond acceptors (Lipinski definition) is 9. The molecule has 1 saturated heterocycles. The molecule has 298 valence electrons. The zero-order valence-electron chi connectivity index (χ0n) is 33.4. The number of nitrogens with zero attached hydrogens (tertiary/aromatic N) is 4. The van der Waals surface area contributed by atoms with Crippen LogP contribution in [0.25, 0.3) is 0 Å². The van der Waals surface area contributed by atoms with E-state index in [2.05, 4.69) is 5.32 Å². The van der Waals surface area contributed by atoms with E-state index in [1.165, 1.54) is 19.6 Å². The molecule has 1 fully saturated rings. The van der Waals surface area contributed by atoms with Gasteiger partial charge in [-0.3, -0.25) is 4.79 Å². The average molecular weight is 754 g/mol. The molecule has 2 aromatic carbocycles. The van der Waals surface area contributed by atoms with E-state index in [4.69, 9.17) is 18.9 Å². The molecule has 1 N–H and O–H groups in total. The summed E-state index contributed by atoms with van der Waals surface area (Å²) in [5, 5.41) is 2.77. The summed E-state index contributed by atoms with van der Waals surface area (Å²) in [6, 6.07) is 17.4. The van der Waals surface area contributed by atoms with Crippen LogP contribution >= 0.6 is 0 Å². The van der Waals surface area contributed by atoms with Crippen LogP contribution in [0, 0.1) is 0 Å². The third-order valence-corrected chi connectivity index (χ3v) is 7.91. The molecule has 0 aliphatic carbocycles. The van der Waals surface area contributed by atoms with Crippen molar-refractivity contribution >= 4 is 30.3 Å². The van der Waals surface area contributed by atoms with E-state index in [1.54, 1.807) is 62.3 Å². The van der Waals surface area contributed by atoms with Crippen LogP contribution in [0.15, 0.2) is 60.7 Å². The van der Waals surface area contributed by atoms with Crippen molar-refractivity contribution in [1.82, 2.24) is 24.9 Å². The smallest absolute Gasteiger partial charge is 0.410 e. The minimum Gasteiger partial charge on any atom is -0.445 e. The highest BCUT2D eigenvalue weighted by Crippen LogP contribution is 2.16. The molecule has 1 aliphatic heterocycles. The van der Waals surface area contributed by atoms with Crippen molar-refractivity contribution in [2.45, 2.75) is 98.2 Å². The normalized spacial score (nSPS) is 15.6. The lowest BCUT2D eigenvalue weighted by molar-refractivity contribution is -0.134. The molecule has 2 aromatic rings. The lowest BCUT2D eigenvalue weighted by Crippen LogP contribution is -2.55. The number of benzene rings is 2. The van der Waals surface area contributed by atoms with Crippen molar-refractivity contribution in [3.8, 4) is 0 Å². The molecule has 0 spiro atoms. The fourth-order valence-corrected chi connectivity index (χ4v) is 5.34. The van der Waals surface area contributed by atoms with E-state index in [0.29, 0.717) is 0 Å². The fourth-order valence-electron chi connectivity index (χ4n) is 5.34. The summed E-state index contributed by atoms with van der Waals surface area (Å²) in [6.45, 7) is 16.2. The van der Waals surface area contributed by atoms with E-state index in [-0.39, 0.29) is 65.4 Å². The second kappa shape index (κ2) is 19.4. The molecule has 5 amide bonds. The molecular formula is C40H59N5O9. The number of ether oxygens (including phenoxy) is 4. The minimum atomic E-state index is -1.05. The van der Waals surface area contributed by atoms with Crippen LogP contribution in [-0.2, 0) is 36.8 Å². The van der Waals surface area contributed by atoms with Crippen LogP contribution < -0.4 is 5.32 Å². The molecule has 0 saturated carbocycles. The van der Waals surface area contributed by atoms with Crippen molar-refractivity contribution < 1.29 is 42.9 Å². The first-order chi connectivity index (χ1) is 25.2. The summed E-state index contributed by atoms with van der Waals surface area (Å²) in [7, 11) is 0. The summed E-state index contributed by atoms with van der Waals surface area (Å²) in [5.74, 6) is -0.434. The van der Waals surface area contributed by atoms with E-state index >= 15 is 0 Å². The number of hydrogen-bond donors (Lipinski definition) is 1. The lowest BCUT2D eigenvalue weighted by Gasteiger charge is -2.36. The maximum atomic E-state index is 14.5. The Morgan fingerprint density at radius 1 is 0.537 bits per heavy atom. The summed E-state index contributed by atoms with van der Waals surface area (Å²) in [4.78, 5) is 73.9. The molecular weight excluding hydrogens is 694 g/mol. The highest BCUT2D eigenvalue weighted by Gasteiger charge is 2.32. The molecule has 14 nitrogen and oxygen atoms in total. The zero-order chi connectivity index (χ0) is 40.1. The molecule has 1 unspecified atom stereocenters. The van der Waals surface area contributed by atoms with Gasteiger partial charge in [0.2, 0.25) is 5.91 Å². The molecule has 0 radical (unpaired) electrons. The number of alkyl carbamates (subject to hydrolysis) is 1. The molecule has 1 heterocycles. The maximum Gasteiger partial charge on any atom is 0.410 e. The highest BCUT2D eigenvalue weighted by molar-refractivity contribution is 5.86. The van der Waals surface area contributed by atoms with E-state index in [1.807, 2.05) is 60.7 Å². The molecule has 0 aromatic heterocycles. The molecule has 0 bridgehead atoms. The van der Waals surface area contributed by atoms with Gasteiger partial charge in [-0.1, -0.05) is 60.7 Å². The van der Waals surface area contributed by atoms with Crippen molar-refractivity contribution in [3.63, 3.8) is 0 Å². The second-order valence-electron chi connectivity index (χ2n) is 16.2. The first-order valence-corrected chi connectivity index (χ1v) is 18.4. The lowest BCUT2D eigenvalue weighted by atomic mass is 10.0. The van der Waals surface area contributed by atoms with Crippen LogP contribution in [0.3, 0.4) is 0 Å². The van der Waals surface area contributed by atoms with Gasteiger partial charge in [0.05, 0.1) is 0 Å². The Morgan fingerprint density at radius 3 is 1.22 bits per heavy atom. The van der Waals surface area contributed by atoms with Gasteiger partial charge in [0, 0.05) is 58.8 Å². The first-order valence-electron chi connectivity index (χ1n) is 18.4. The van der Waals surface area contributed by atoms with Crippen molar-refractivity contribution in [3.05, 3.63) is 71.8 Å². The number of carbonyl (C=O) groups is 5. The zero-order valence-corrected chi connectivity index (χ0v) is 33.4. The third-order valence-electron chi connectivity index (χ3n) is 7.91. The van der Waals surface area contributed by atoms with Crippen LogP contribution in [0.4, 0.5) is 19.2 Å². The van der Waals surface area contributed by atoms with Gasteiger partial charge in [-0.15, -0.1) is 0 Å². The Morgan fingerprint density at radius 2 is 0.870 bits per heavy atom. The van der Waals surface area contributed by atoms with Crippen molar-refractivity contribution in [1.29, 1.82) is 0 Å². The van der Waals surface area contributed by atoms with Gasteiger partial charge in [-0.25, -0.2) is 19.2 Å². The Kier molecular flexibility index (Phi) is 15.6. The van der Waals surface area contributed by atoms with Crippen LogP contribution in [0.2, 0.25) is 0 Å². The number of carbonyl (C=O) groups excluding carboxylic acids is 5. The largest absolute Gasteiger partial charge is 0.445 e. The van der Waals surface area contributed by atoms with E-state index in [0.717, 1.165) is 11.1 Å². The summed E-state index contributed by atoms with van der Waals surface area (Å²) < 4.78 is 22.6. The Bertz CT molecular complexity index is 1490. The van der Waals surface area contributed by atoms with E-state index in [9.17, 15) is 24.0 Å². The topological polar surface area (TPSA) is 147 Å². The molecule has 14 heteroatoms. The average Bonchev–Trinajstić information content (AvgIpc) is 3.05. The van der Waals surface area contributed by atoms with Gasteiger partial charge < -0.3 is 43.9 Å². The Balaban J connectivity index is 1.96. The van der Waals surface area contributed by atoms with Gasteiger partial charge in [-0.05, 0) is 73.4 Å².